The van der Waals surface area contributed by atoms with Crippen LogP contribution < -0.4 is 10.1 Å². The zero-order valence-electron chi connectivity index (χ0n) is 13.3. The van der Waals surface area contributed by atoms with Crippen molar-refractivity contribution in [2.24, 2.45) is 5.92 Å². The van der Waals surface area contributed by atoms with Gasteiger partial charge >= 0.3 is 0 Å². The summed E-state index contributed by atoms with van der Waals surface area (Å²) >= 11 is 0. The quantitative estimate of drug-likeness (QED) is 0.815. The van der Waals surface area contributed by atoms with E-state index in [-0.39, 0.29) is 5.54 Å². The van der Waals surface area contributed by atoms with Gasteiger partial charge in [0.1, 0.15) is 5.75 Å². The highest BCUT2D eigenvalue weighted by molar-refractivity contribution is 5.20. The van der Waals surface area contributed by atoms with E-state index < -0.39 is 0 Å². The van der Waals surface area contributed by atoms with Crippen LogP contribution in [-0.4, -0.2) is 42.7 Å². The van der Waals surface area contributed by atoms with Gasteiger partial charge in [0, 0.05) is 31.2 Å². The third kappa shape index (κ3) is 4.21. The molecule has 1 unspecified atom stereocenters. The summed E-state index contributed by atoms with van der Waals surface area (Å²) in [6.45, 7) is 8.88. The van der Waals surface area contributed by atoms with Crippen LogP contribution in [0, 0.1) is 5.92 Å². The van der Waals surface area contributed by atoms with Gasteiger partial charge in [-0.15, -0.1) is 0 Å². The number of rotatable bonds is 6. The predicted octanol–water partition coefficient (Wildman–Crippen LogP) is 2.92. The first-order valence-corrected chi connectivity index (χ1v) is 8.31. The molecule has 1 aromatic carbocycles. The van der Waals surface area contributed by atoms with E-state index in [9.17, 15) is 0 Å². The summed E-state index contributed by atoms with van der Waals surface area (Å²) < 4.78 is 5.82. The van der Waals surface area contributed by atoms with Crippen molar-refractivity contribution in [3.05, 3.63) is 30.3 Å². The minimum absolute atomic E-state index is 0.242. The molecule has 21 heavy (non-hydrogen) atoms. The lowest BCUT2D eigenvalue weighted by Gasteiger charge is -2.45. The lowest BCUT2D eigenvalue weighted by molar-refractivity contribution is 0.0774. The third-order valence-electron chi connectivity index (χ3n) is 4.62. The third-order valence-corrected chi connectivity index (χ3v) is 4.62. The minimum Gasteiger partial charge on any atom is -0.494 e. The average molecular weight is 288 g/mol. The number of benzene rings is 1. The molecule has 0 radical (unpaired) electrons. The molecule has 2 aliphatic rings. The first kappa shape index (κ1) is 14.9. The number of hydrogen-bond acceptors (Lipinski definition) is 3. The molecule has 116 valence electrons. The smallest absolute Gasteiger partial charge is 0.119 e. The maximum Gasteiger partial charge on any atom is 0.119 e. The molecule has 1 aromatic rings. The number of ether oxygens (including phenoxy) is 1. The van der Waals surface area contributed by atoms with E-state index in [2.05, 4.69) is 24.1 Å². The number of nitrogens with zero attached hydrogens (tertiary/aromatic N) is 1. The predicted molar refractivity (Wildman–Crippen MR) is 86.7 cm³/mol. The van der Waals surface area contributed by atoms with Gasteiger partial charge in [0.15, 0.2) is 0 Å². The number of piperazine rings is 1. The van der Waals surface area contributed by atoms with Crippen molar-refractivity contribution in [2.75, 3.05) is 26.2 Å². The van der Waals surface area contributed by atoms with E-state index in [0.29, 0.717) is 0 Å². The molecule has 3 nitrogen and oxygen atoms in total. The van der Waals surface area contributed by atoms with Crippen LogP contribution in [0.1, 0.15) is 33.1 Å². The Morgan fingerprint density at radius 2 is 2.00 bits per heavy atom. The summed E-state index contributed by atoms with van der Waals surface area (Å²) in [5.74, 6) is 1.92. The number of para-hydroxylation sites is 1. The van der Waals surface area contributed by atoms with Crippen LogP contribution in [0.25, 0.3) is 0 Å². The molecule has 1 N–H and O–H groups in total. The summed E-state index contributed by atoms with van der Waals surface area (Å²) in [6, 6.07) is 10.9. The van der Waals surface area contributed by atoms with E-state index >= 15 is 0 Å². The molecule has 3 rings (SSSR count). The van der Waals surface area contributed by atoms with Gasteiger partial charge in [-0.2, -0.15) is 0 Å². The Labute approximate surface area is 128 Å². The molecule has 1 atom stereocenters. The monoisotopic (exact) mass is 288 g/mol. The Morgan fingerprint density at radius 1 is 1.24 bits per heavy atom. The van der Waals surface area contributed by atoms with Crippen molar-refractivity contribution < 1.29 is 4.74 Å². The second-order valence-corrected chi connectivity index (χ2v) is 7.16. The highest BCUT2D eigenvalue weighted by Gasteiger charge is 2.40. The van der Waals surface area contributed by atoms with Crippen molar-refractivity contribution in [3.8, 4) is 5.75 Å². The zero-order valence-corrected chi connectivity index (χ0v) is 13.3. The van der Waals surface area contributed by atoms with Gasteiger partial charge in [0.05, 0.1) is 6.61 Å². The van der Waals surface area contributed by atoms with E-state index in [1.165, 1.54) is 12.8 Å². The first-order valence-electron chi connectivity index (χ1n) is 8.31. The van der Waals surface area contributed by atoms with Crippen LogP contribution in [0.15, 0.2) is 30.3 Å². The SMILES string of the molecule is CC1(C)CN(CCCOc2ccccc2)C(C2CC2)CN1. The normalized spacial score (nSPS) is 25.7. The summed E-state index contributed by atoms with van der Waals surface area (Å²) in [5, 5.41) is 3.70. The Morgan fingerprint density at radius 3 is 2.71 bits per heavy atom. The van der Waals surface area contributed by atoms with E-state index in [0.717, 1.165) is 50.4 Å². The van der Waals surface area contributed by atoms with Gasteiger partial charge in [-0.1, -0.05) is 18.2 Å². The fraction of sp³-hybridized carbons (Fsp3) is 0.667. The van der Waals surface area contributed by atoms with Gasteiger partial charge in [-0.3, -0.25) is 4.90 Å². The molecule has 3 heteroatoms. The fourth-order valence-corrected chi connectivity index (χ4v) is 3.36. The number of hydrogen-bond donors (Lipinski definition) is 1. The maximum absolute atomic E-state index is 5.82. The van der Waals surface area contributed by atoms with Gasteiger partial charge in [-0.25, -0.2) is 0 Å². The fourth-order valence-electron chi connectivity index (χ4n) is 3.36. The van der Waals surface area contributed by atoms with Crippen LogP contribution >= 0.6 is 0 Å². The molecular weight excluding hydrogens is 260 g/mol. The molecule has 1 aliphatic heterocycles. The molecule has 0 aromatic heterocycles. The van der Waals surface area contributed by atoms with Crippen molar-refractivity contribution in [3.63, 3.8) is 0 Å². The second kappa shape index (κ2) is 6.37. The average Bonchev–Trinajstić information content (AvgIpc) is 3.29. The van der Waals surface area contributed by atoms with Crippen LogP contribution in [-0.2, 0) is 0 Å². The standard InChI is InChI=1S/C18H28N2O/c1-18(2)14-20(17(13-19-18)15-9-10-15)11-6-12-21-16-7-4-3-5-8-16/h3-5,7-8,15,17,19H,6,9-14H2,1-2H3. The van der Waals surface area contributed by atoms with Crippen LogP contribution in [0.4, 0.5) is 0 Å². The number of nitrogens with one attached hydrogen (secondary N) is 1. The zero-order chi connectivity index (χ0) is 14.7. The molecule has 0 bridgehead atoms. The summed E-state index contributed by atoms with van der Waals surface area (Å²) in [6.07, 6.45) is 3.95. The maximum atomic E-state index is 5.82. The summed E-state index contributed by atoms with van der Waals surface area (Å²) in [5.41, 5.74) is 0.242. The van der Waals surface area contributed by atoms with Gasteiger partial charge < -0.3 is 10.1 Å². The van der Waals surface area contributed by atoms with Gasteiger partial charge in [0.2, 0.25) is 0 Å². The molecule has 2 fully saturated rings. The van der Waals surface area contributed by atoms with Crippen molar-refractivity contribution >= 4 is 0 Å². The Bertz CT molecular complexity index is 442. The van der Waals surface area contributed by atoms with E-state index in [1.807, 2.05) is 30.3 Å². The van der Waals surface area contributed by atoms with E-state index in [1.54, 1.807) is 0 Å². The van der Waals surface area contributed by atoms with Gasteiger partial charge in [-0.05, 0) is 51.2 Å². The molecule has 1 heterocycles. The lowest BCUT2D eigenvalue weighted by Crippen LogP contribution is -2.62. The molecule has 0 spiro atoms. The minimum atomic E-state index is 0.242. The molecule has 1 saturated carbocycles. The van der Waals surface area contributed by atoms with Crippen LogP contribution in [0.5, 0.6) is 5.75 Å². The Kier molecular flexibility index (Phi) is 4.51. The van der Waals surface area contributed by atoms with Crippen LogP contribution in [0.2, 0.25) is 0 Å². The topological polar surface area (TPSA) is 24.5 Å². The molecular formula is C18H28N2O. The van der Waals surface area contributed by atoms with E-state index in [4.69, 9.17) is 4.74 Å². The largest absolute Gasteiger partial charge is 0.494 e. The Balaban J connectivity index is 1.45. The summed E-state index contributed by atoms with van der Waals surface area (Å²) in [4.78, 5) is 2.70. The van der Waals surface area contributed by atoms with Crippen molar-refractivity contribution in [1.82, 2.24) is 10.2 Å². The molecule has 0 amide bonds. The highest BCUT2D eigenvalue weighted by atomic mass is 16.5. The van der Waals surface area contributed by atoms with Crippen LogP contribution in [0.3, 0.4) is 0 Å². The highest BCUT2D eigenvalue weighted by Crippen LogP contribution is 2.37. The Hall–Kier alpha value is -1.06. The second-order valence-electron chi connectivity index (χ2n) is 7.16. The van der Waals surface area contributed by atoms with Gasteiger partial charge in [0.25, 0.3) is 0 Å². The van der Waals surface area contributed by atoms with Crippen molar-refractivity contribution in [2.45, 2.75) is 44.7 Å². The lowest BCUT2D eigenvalue weighted by atomic mass is 9.96. The van der Waals surface area contributed by atoms with Crippen molar-refractivity contribution in [1.29, 1.82) is 0 Å². The summed E-state index contributed by atoms with van der Waals surface area (Å²) in [7, 11) is 0. The molecule has 1 aliphatic carbocycles. The molecule has 1 saturated heterocycles. The first-order chi connectivity index (χ1) is 10.1.